The van der Waals surface area contributed by atoms with Crippen molar-refractivity contribution < 1.29 is 14.3 Å². The molecule has 2 aliphatic rings. The van der Waals surface area contributed by atoms with E-state index in [1.54, 1.807) is 11.9 Å². The van der Waals surface area contributed by atoms with E-state index in [2.05, 4.69) is 0 Å². The quantitative estimate of drug-likeness (QED) is 0.575. The van der Waals surface area contributed by atoms with Crippen LogP contribution in [0.15, 0.2) is 53.6 Å². The van der Waals surface area contributed by atoms with E-state index in [0.717, 1.165) is 35.2 Å². The topological polar surface area (TPSA) is 62.2 Å². The number of esters is 1. The van der Waals surface area contributed by atoms with Gasteiger partial charge in [0.15, 0.2) is 0 Å². The smallest absolute Gasteiger partial charge is 0.323 e. The summed E-state index contributed by atoms with van der Waals surface area (Å²) in [5, 5.41) is 6.94. The van der Waals surface area contributed by atoms with Crippen LogP contribution in [0, 0.1) is 6.92 Å². The van der Waals surface area contributed by atoms with Gasteiger partial charge in [0.25, 0.3) is 5.91 Å². The zero-order chi connectivity index (χ0) is 23.4. The molecule has 7 heteroatoms. The summed E-state index contributed by atoms with van der Waals surface area (Å²) in [6.45, 7) is 5.01. The molecule has 174 valence electrons. The number of hydrazone groups is 1. The number of nitrogens with zero attached hydrogens (tertiary/aromatic N) is 3. The molecule has 2 aromatic carbocycles. The Bertz CT molecular complexity index is 1040. The number of halogens is 1. The van der Waals surface area contributed by atoms with Gasteiger partial charge in [-0.15, -0.1) is 0 Å². The molecule has 0 N–H and O–H groups in total. The van der Waals surface area contributed by atoms with Gasteiger partial charge in [0.05, 0.1) is 24.9 Å². The lowest BCUT2D eigenvalue weighted by molar-refractivity contribution is -0.152. The fraction of sp³-hybridized carbons (Fsp3) is 0.423. The Balaban J connectivity index is 1.60. The van der Waals surface area contributed by atoms with Crippen LogP contribution in [0.2, 0.25) is 5.02 Å². The van der Waals surface area contributed by atoms with Gasteiger partial charge in [-0.1, -0.05) is 66.0 Å². The summed E-state index contributed by atoms with van der Waals surface area (Å²) in [5.74, 6) is -0.374. The van der Waals surface area contributed by atoms with Crippen molar-refractivity contribution in [3.63, 3.8) is 0 Å². The average molecular weight is 468 g/mol. The number of likely N-dealkylation sites (tertiary alicyclic amines) is 1. The zero-order valence-corrected chi connectivity index (χ0v) is 19.9. The number of ether oxygens (including phenoxy) is 1. The molecule has 0 spiro atoms. The summed E-state index contributed by atoms with van der Waals surface area (Å²) in [7, 11) is 0. The van der Waals surface area contributed by atoms with E-state index in [1.165, 1.54) is 0 Å². The van der Waals surface area contributed by atoms with E-state index in [9.17, 15) is 9.59 Å². The maximum Gasteiger partial charge on any atom is 0.323 e. The minimum Gasteiger partial charge on any atom is -0.465 e. The van der Waals surface area contributed by atoms with E-state index >= 15 is 0 Å². The molecule has 33 heavy (non-hydrogen) atoms. The van der Waals surface area contributed by atoms with Crippen LogP contribution in [0.3, 0.4) is 0 Å². The Labute approximate surface area is 200 Å². The highest BCUT2D eigenvalue weighted by Crippen LogP contribution is 2.35. The van der Waals surface area contributed by atoms with E-state index in [-0.39, 0.29) is 30.5 Å². The third-order valence-corrected chi connectivity index (χ3v) is 6.65. The second kappa shape index (κ2) is 10.5. The number of carbonyl (C=O) groups excluding carboxylic acids is 2. The molecule has 2 atom stereocenters. The van der Waals surface area contributed by atoms with Gasteiger partial charge in [0, 0.05) is 17.0 Å². The van der Waals surface area contributed by atoms with E-state index < -0.39 is 0 Å². The Morgan fingerprint density at radius 1 is 1.12 bits per heavy atom. The molecule has 6 nitrogen and oxygen atoms in total. The third-order valence-electron chi connectivity index (χ3n) is 6.32. The van der Waals surface area contributed by atoms with Crippen LogP contribution < -0.4 is 0 Å². The number of benzene rings is 2. The largest absolute Gasteiger partial charge is 0.465 e. The summed E-state index contributed by atoms with van der Waals surface area (Å²) in [6, 6.07) is 15.2. The molecule has 2 aromatic rings. The maximum atomic E-state index is 13.5. The van der Waals surface area contributed by atoms with Gasteiger partial charge in [-0.3, -0.25) is 14.5 Å². The first-order chi connectivity index (χ1) is 16.0. The van der Waals surface area contributed by atoms with Crippen LogP contribution in [0.4, 0.5) is 0 Å². The fourth-order valence-electron chi connectivity index (χ4n) is 4.58. The van der Waals surface area contributed by atoms with Gasteiger partial charge >= 0.3 is 5.97 Å². The Morgan fingerprint density at radius 2 is 1.88 bits per heavy atom. The van der Waals surface area contributed by atoms with Gasteiger partial charge in [0.1, 0.15) is 6.04 Å². The molecule has 1 fully saturated rings. The molecular formula is C26H30ClN3O3. The van der Waals surface area contributed by atoms with E-state index in [1.807, 2.05) is 60.4 Å². The van der Waals surface area contributed by atoms with E-state index in [0.29, 0.717) is 31.0 Å². The van der Waals surface area contributed by atoms with Crippen molar-refractivity contribution in [3.05, 3.63) is 70.2 Å². The molecule has 0 unspecified atom stereocenters. The summed E-state index contributed by atoms with van der Waals surface area (Å²) in [6.07, 6.45) is 3.21. The SMILES string of the molecule is CCOC(=O)[C@H]1CCCCN1CC(=O)N1N=C(c2ccccc2Cl)C[C@@H]1c1ccc(C)cc1. The molecule has 4 rings (SSSR count). The van der Waals surface area contributed by atoms with Crippen LogP contribution in [-0.4, -0.2) is 53.2 Å². The molecule has 0 bridgehead atoms. The van der Waals surface area contributed by atoms with Crippen molar-refractivity contribution in [1.29, 1.82) is 0 Å². The summed E-state index contributed by atoms with van der Waals surface area (Å²) >= 11 is 6.44. The maximum absolute atomic E-state index is 13.5. The van der Waals surface area contributed by atoms with Gasteiger partial charge in [-0.2, -0.15) is 5.10 Å². The molecule has 0 aliphatic carbocycles. The number of piperidine rings is 1. The highest BCUT2D eigenvalue weighted by Gasteiger charge is 2.37. The lowest BCUT2D eigenvalue weighted by Gasteiger charge is -2.34. The molecule has 1 saturated heterocycles. The first-order valence-electron chi connectivity index (χ1n) is 11.6. The minimum atomic E-state index is -0.380. The van der Waals surface area contributed by atoms with Crippen LogP contribution in [-0.2, 0) is 14.3 Å². The van der Waals surface area contributed by atoms with Gasteiger partial charge in [0.2, 0.25) is 0 Å². The van der Waals surface area contributed by atoms with Crippen molar-refractivity contribution >= 4 is 29.2 Å². The van der Waals surface area contributed by atoms with Crippen LogP contribution in [0.5, 0.6) is 0 Å². The summed E-state index contributed by atoms with van der Waals surface area (Å²) < 4.78 is 5.26. The van der Waals surface area contributed by atoms with Crippen molar-refractivity contribution in [2.75, 3.05) is 19.7 Å². The third kappa shape index (κ3) is 5.28. The summed E-state index contributed by atoms with van der Waals surface area (Å²) in [4.78, 5) is 28.0. The molecule has 0 saturated carbocycles. The second-order valence-corrected chi connectivity index (χ2v) is 9.04. The normalized spacial score (nSPS) is 21.1. The Hall–Kier alpha value is -2.70. The highest BCUT2D eigenvalue weighted by molar-refractivity contribution is 6.34. The van der Waals surface area contributed by atoms with Gasteiger partial charge in [-0.25, -0.2) is 5.01 Å². The number of rotatable bonds is 6. The van der Waals surface area contributed by atoms with Crippen LogP contribution >= 0.6 is 11.6 Å². The monoisotopic (exact) mass is 467 g/mol. The Morgan fingerprint density at radius 3 is 2.61 bits per heavy atom. The number of hydrogen-bond donors (Lipinski definition) is 0. The van der Waals surface area contributed by atoms with Crippen molar-refractivity contribution in [1.82, 2.24) is 9.91 Å². The van der Waals surface area contributed by atoms with Crippen molar-refractivity contribution in [2.24, 2.45) is 5.10 Å². The number of carbonyl (C=O) groups is 2. The second-order valence-electron chi connectivity index (χ2n) is 8.63. The number of aryl methyl sites for hydroxylation is 1. The lowest BCUT2D eigenvalue weighted by atomic mass is 9.97. The first-order valence-corrected chi connectivity index (χ1v) is 12.0. The highest BCUT2D eigenvalue weighted by atomic mass is 35.5. The van der Waals surface area contributed by atoms with Gasteiger partial charge < -0.3 is 4.74 Å². The van der Waals surface area contributed by atoms with Crippen LogP contribution in [0.25, 0.3) is 0 Å². The zero-order valence-electron chi connectivity index (χ0n) is 19.2. The van der Waals surface area contributed by atoms with E-state index in [4.69, 9.17) is 21.4 Å². The average Bonchev–Trinajstić information content (AvgIpc) is 3.26. The number of amides is 1. The molecule has 2 heterocycles. The van der Waals surface area contributed by atoms with Crippen molar-refractivity contribution in [2.45, 2.75) is 51.6 Å². The molecule has 2 aliphatic heterocycles. The first kappa shape index (κ1) is 23.5. The minimum absolute atomic E-state index is 0.126. The fourth-order valence-corrected chi connectivity index (χ4v) is 4.82. The predicted octanol–water partition coefficient (Wildman–Crippen LogP) is 4.74. The van der Waals surface area contributed by atoms with Crippen molar-refractivity contribution in [3.8, 4) is 0 Å². The van der Waals surface area contributed by atoms with Gasteiger partial charge in [-0.05, 0) is 44.9 Å². The molecule has 0 aromatic heterocycles. The lowest BCUT2D eigenvalue weighted by Crippen LogP contribution is -2.49. The Kier molecular flexibility index (Phi) is 7.46. The summed E-state index contributed by atoms with van der Waals surface area (Å²) in [5.41, 5.74) is 3.82. The molecule has 0 radical (unpaired) electrons. The standard InChI is InChI=1S/C26H30ClN3O3/c1-3-33-26(32)23-10-6-7-15-29(23)17-25(31)30-24(19-13-11-18(2)12-14-19)16-22(28-30)20-8-4-5-9-21(20)27/h4-5,8-9,11-14,23-24H,3,6-7,10,15-17H2,1-2H3/t23-,24-/m1/s1. The van der Waals surface area contributed by atoms with Crippen LogP contribution in [0.1, 0.15) is 55.3 Å². The molecular weight excluding hydrogens is 438 g/mol. The number of hydrogen-bond acceptors (Lipinski definition) is 5. The predicted molar refractivity (Wildman–Crippen MR) is 129 cm³/mol. The molecule has 1 amide bonds.